The van der Waals surface area contributed by atoms with E-state index in [-0.39, 0.29) is 29.4 Å². The maximum atomic E-state index is 11.9. The van der Waals surface area contributed by atoms with Crippen LogP contribution in [0.3, 0.4) is 0 Å². The number of aromatic carboxylic acids is 1. The van der Waals surface area contributed by atoms with E-state index in [1.54, 1.807) is 12.1 Å². The van der Waals surface area contributed by atoms with Gasteiger partial charge in [0.1, 0.15) is 11.1 Å². The first kappa shape index (κ1) is 12.4. The molecule has 0 spiro atoms. The second-order valence-electron chi connectivity index (χ2n) is 4.68. The first-order valence-electron chi connectivity index (χ1n) is 6.15. The third-order valence-electron chi connectivity index (χ3n) is 3.47. The van der Waals surface area contributed by atoms with E-state index in [1.807, 2.05) is 0 Å². The van der Waals surface area contributed by atoms with E-state index in [1.165, 1.54) is 12.3 Å². The van der Waals surface area contributed by atoms with Gasteiger partial charge in [-0.25, -0.2) is 4.79 Å². The zero-order chi connectivity index (χ0) is 14.3. The number of para-hydroxylation sites is 1. The minimum Gasteiger partial charge on any atom is -0.478 e. The number of furan rings is 1. The smallest absolute Gasteiger partial charge is 0.339 e. The molecule has 3 rings (SSSR count). The van der Waals surface area contributed by atoms with E-state index in [2.05, 4.69) is 5.32 Å². The second kappa shape index (κ2) is 4.48. The van der Waals surface area contributed by atoms with Crippen molar-refractivity contribution in [3.05, 3.63) is 35.6 Å². The van der Waals surface area contributed by atoms with Crippen LogP contribution in [0.5, 0.6) is 0 Å². The Morgan fingerprint density at radius 3 is 2.85 bits per heavy atom. The van der Waals surface area contributed by atoms with Crippen molar-refractivity contribution in [2.45, 2.75) is 18.8 Å². The molecule has 2 aromatic rings. The lowest BCUT2D eigenvalue weighted by atomic mass is 9.90. The molecule has 2 heterocycles. The summed E-state index contributed by atoms with van der Waals surface area (Å²) < 4.78 is 5.32. The number of imide groups is 1. The number of amides is 2. The maximum Gasteiger partial charge on any atom is 0.339 e. The summed E-state index contributed by atoms with van der Waals surface area (Å²) in [5.74, 6) is -2.23. The van der Waals surface area contributed by atoms with Crippen LogP contribution in [-0.2, 0) is 9.59 Å². The van der Waals surface area contributed by atoms with Gasteiger partial charge in [0, 0.05) is 17.4 Å². The lowest BCUT2D eigenvalue weighted by Crippen LogP contribution is -2.39. The number of nitrogens with one attached hydrogen (secondary N) is 1. The van der Waals surface area contributed by atoms with Crippen molar-refractivity contribution >= 4 is 28.8 Å². The van der Waals surface area contributed by atoms with Gasteiger partial charge in [0.05, 0.1) is 12.2 Å². The Kier molecular flexibility index (Phi) is 2.78. The van der Waals surface area contributed by atoms with Crippen LogP contribution >= 0.6 is 0 Å². The Bertz CT molecular complexity index is 730. The van der Waals surface area contributed by atoms with Gasteiger partial charge in [0.15, 0.2) is 0 Å². The zero-order valence-electron chi connectivity index (χ0n) is 10.4. The molecule has 1 unspecified atom stereocenters. The molecule has 20 heavy (non-hydrogen) atoms. The summed E-state index contributed by atoms with van der Waals surface area (Å²) in [6, 6.07) is 4.77. The summed E-state index contributed by atoms with van der Waals surface area (Å²) in [4.78, 5) is 34.2. The van der Waals surface area contributed by atoms with E-state index in [0.717, 1.165) is 0 Å². The molecule has 1 aliphatic heterocycles. The number of fused-ring (bicyclic) bond motifs is 1. The molecule has 0 radical (unpaired) electrons. The predicted octanol–water partition coefficient (Wildman–Crippen LogP) is 1.65. The molecule has 102 valence electrons. The second-order valence-corrected chi connectivity index (χ2v) is 4.68. The molecule has 6 nitrogen and oxygen atoms in total. The van der Waals surface area contributed by atoms with E-state index in [0.29, 0.717) is 17.4 Å². The largest absolute Gasteiger partial charge is 0.478 e. The zero-order valence-corrected chi connectivity index (χ0v) is 10.4. The summed E-state index contributed by atoms with van der Waals surface area (Å²) >= 11 is 0. The summed E-state index contributed by atoms with van der Waals surface area (Å²) in [7, 11) is 0. The van der Waals surface area contributed by atoms with Crippen molar-refractivity contribution in [1.82, 2.24) is 5.32 Å². The molecule has 1 atom stereocenters. The van der Waals surface area contributed by atoms with Gasteiger partial charge in [-0.2, -0.15) is 0 Å². The molecule has 1 aromatic heterocycles. The number of carboxylic acid groups (broad SMARTS) is 1. The maximum absolute atomic E-state index is 11.9. The van der Waals surface area contributed by atoms with Crippen LogP contribution in [-0.4, -0.2) is 22.9 Å². The van der Waals surface area contributed by atoms with Crippen molar-refractivity contribution < 1.29 is 23.9 Å². The van der Waals surface area contributed by atoms with Gasteiger partial charge >= 0.3 is 5.97 Å². The normalized spacial score (nSPS) is 19.1. The fraction of sp³-hybridized carbons (Fsp3) is 0.214. The molecule has 6 heteroatoms. The molecule has 0 saturated carbocycles. The molecule has 0 aliphatic carbocycles. The first-order valence-corrected chi connectivity index (χ1v) is 6.15. The average Bonchev–Trinajstić information content (AvgIpc) is 2.82. The minimum absolute atomic E-state index is 0.0565. The minimum atomic E-state index is -1.08. The fourth-order valence-corrected chi connectivity index (χ4v) is 2.51. The Labute approximate surface area is 113 Å². The highest BCUT2D eigenvalue weighted by Crippen LogP contribution is 2.33. The van der Waals surface area contributed by atoms with Crippen LogP contribution in [0, 0.1) is 0 Å². The van der Waals surface area contributed by atoms with Crippen LogP contribution in [0.4, 0.5) is 0 Å². The van der Waals surface area contributed by atoms with E-state index >= 15 is 0 Å². The van der Waals surface area contributed by atoms with Crippen molar-refractivity contribution in [3.8, 4) is 0 Å². The van der Waals surface area contributed by atoms with Crippen LogP contribution in [0.2, 0.25) is 0 Å². The van der Waals surface area contributed by atoms with Gasteiger partial charge in [-0.15, -0.1) is 0 Å². The van der Waals surface area contributed by atoms with Gasteiger partial charge < -0.3 is 9.52 Å². The van der Waals surface area contributed by atoms with Crippen LogP contribution in [0.15, 0.2) is 28.9 Å². The quantitative estimate of drug-likeness (QED) is 0.811. The Balaban J connectivity index is 2.09. The lowest BCUT2D eigenvalue weighted by Gasteiger charge is -2.19. The number of hydrogen-bond acceptors (Lipinski definition) is 4. The van der Waals surface area contributed by atoms with E-state index in [9.17, 15) is 14.4 Å². The summed E-state index contributed by atoms with van der Waals surface area (Å²) in [5.41, 5.74) is 0.925. The Morgan fingerprint density at radius 2 is 2.15 bits per heavy atom. The van der Waals surface area contributed by atoms with Gasteiger partial charge in [-0.1, -0.05) is 12.1 Å². The predicted molar refractivity (Wildman–Crippen MR) is 68.3 cm³/mol. The molecule has 1 fully saturated rings. The van der Waals surface area contributed by atoms with E-state index in [4.69, 9.17) is 9.52 Å². The molecule has 1 aliphatic rings. The molecule has 2 amide bonds. The number of hydrogen-bond donors (Lipinski definition) is 2. The fourth-order valence-electron chi connectivity index (χ4n) is 2.51. The Morgan fingerprint density at radius 1 is 1.35 bits per heavy atom. The molecular formula is C14H11NO5. The standard InChI is InChI=1S/C14H11NO5/c16-11-5-4-8(13(17)15-11)10-6-20-12-7(10)2-1-3-9(12)14(18)19/h1-3,6,8H,4-5H2,(H,18,19)(H,15,16,17). The van der Waals surface area contributed by atoms with Crippen molar-refractivity contribution in [3.63, 3.8) is 0 Å². The molecular weight excluding hydrogens is 262 g/mol. The molecule has 0 bridgehead atoms. The molecule has 1 aromatic carbocycles. The summed E-state index contributed by atoms with van der Waals surface area (Å²) in [6.45, 7) is 0. The van der Waals surface area contributed by atoms with Gasteiger partial charge in [0.2, 0.25) is 11.8 Å². The molecule has 2 N–H and O–H groups in total. The highest BCUT2D eigenvalue weighted by atomic mass is 16.4. The third-order valence-corrected chi connectivity index (χ3v) is 3.47. The van der Waals surface area contributed by atoms with Crippen LogP contribution in [0.1, 0.15) is 34.7 Å². The topological polar surface area (TPSA) is 96.6 Å². The number of carbonyl (C=O) groups is 3. The third kappa shape index (κ3) is 1.85. The lowest BCUT2D eigenvalue weighted by molar-refractivity contribution is -0.134. The first-order chi connectivity index (χ1) is 9.58. The monoisotopic (exact) mass is 273 g/mol. The number of benzene rings is 1. The highest BCUT2D eigenvalue weighted by Gasteiger charge is 2.31. The van der Waals surface area contributed by atoms with Crippen molar-refractivity contribution in [2.75, 3.05) is 0 Å². The summed E-state index contributed by atoms with van der Waals surface area (Å²) in [6.07, 6.45) is 2.06. The molecule has 1 saturated heterocycles. The Hall–Kier alpha value is -2.63. The van der Waals surface area contributed by atoms with Gasteiger partial charge in [-0.05, 0) is 12.5 Å². The summed E-state index contributed by atoms with van der Waals surface area (Å²) in [5, 5.41) is 12.0. The van der Waals surface area contributed by atoms with Gasteiger partial charge in [-0.3, -0.25) is 14.9 Å². The van der Waals surface area contributed by atoms with Crippen molar-refractivity contribution in [1.29, 1.82) is 0 Å². The number of rotatable bonds is 2. The SMILES string of the molecule is O=C1CCC(c2coc3c(C(=O)O)cccc23)C(=O)N1. The van der Waals surface area contributed by atoms with Crippen LogP contribution in [0.25, 0.3) is 11.0 Å². The van der Waals surface area contributed by atoms with E-state index < -0.39 is 11.9 Å². The number of carbonyl (C=O) groups excluding carboxylic acids is 2. The average molecular weight is 273 g/mol. The van der Waals surface area contributed by atoms with Crippen LogP contribution < -0.4 is 5.32 Å². The number of piperidine rings is 1. The van der Waals surface area contributed by atoms with Crippen molar-refractivity contribution in [2.24, 2.45) is 0 Å². The highest BCUT2D eigenvalue weighted by molar-refractivity contribution is 6.05. The number of carboxylic acids is 1. The van der Waals surface area contributed by atoms with Gasteiger partial charge in [0.25, 0.3) is 0 Å².